The van der Waals surface area contributed by atoms with E-state index < -0.39 is 12.0 Å². The SMILES string of the molecule is COC(=O)[C@H](NC(=O)COC(C)C)c1ccc(Br)cc1. The van der Waals surface area contributed by atoms with E-state index in [1.54, 1.807) is 24.3 Å². The van der Waals surface area contributed by atoms with Gasteiger partial charge in [-0.05, 0) is 31.5 Å². The monoisotopic (exact) mass is 343 g/mol. The molecule has 5 nitrogen and oxygen atoms in total. The zero-order valence-corrected chi connectivity index (χ0v) is 13.3. The molecule has 0 saturated carbocycles. The molecule has 0 fully saturated rings. The molecule has 0 spiro atoms. The van der Waals surface area contributed by atoms with Crippen LogP contribution in [0.3, 0.4) is 0 Å². The number of esters is 1. The van der Waals surface area contributed by atoms with Crippen LogP contribution in [-0.4, -0.2) is 31.7 Å². The van der Waals surface area contributed by atoms with Crippen molar-refractivity contribution in [2.24, 2.45) is 0 Å². The standard InChI is InChI=1S/C14H18BrNO4/c1-9(2)20-8-12(17)16-13(14(18)19-3)10-4-6-11(15)7-5-10/h4-7,9,13H,8H2,1-3H3,(H,16,17)/t13-/m1/s1. The summed E-state index contributed by atoms with van der Waals surface area (Å²) in [5.74, 6) is -0.887. The van der Waals surface area contributed by atoms with Crippen molar-refractivity contribution in [3.8, 4) is 0 Å². The highest BCUT2D eigenvalue weighted by Crippen LogP contribution is 2.18. The summed E-state index contributed by atoms with van der Waals surface area (Å²) in [7, 11) is 1.28. The molecule has 1 aromatic rings. The van der Waals surface area contributed by atoms with Crippen LogP contribution in [0.2, 0.25) is 0 Å². The Hall–Kier alpha value is -1.40. The van der Waals surface area contributed by atoms with Crippen LogP contribution in [-0.2, 0) is 19.1 Å². The van der Waals surface area contributed by atoms with Crippen LogP contribution in [0.15, 0.2) is 28.7 Å². The van der Waals surface area contributed by atoms with Crippen molar-refractivity contribution in [1.29, 1.82) is 0 Å². The first-order valence-electron chi connectivity index (χ1n) is 6.18. The molecule has 20 heavy (non-hydrogen) atoms. The molecular weight excluding hydrogens is 326 g/mol. The molecule has 1 rings (SSSR count). The largest absolute Gasteiger partial charge is 0.467 e. The number of nitrogens with one attached hydrogen (secondary N) is 1. The van der Waals surface area contributed by atoms with Gasteiger partial charge in [0.05, 0.1) is 13.2 Å². The number of carbonyl (C=O) groups excluding carboxylic acids is 2. The van der Waals surface area contributed by atoms with E-state index in [1.165, 1.54) is 7.11 Å². The summed E-state index contributed by atoms with van der Waals surface area (Å²) in [6, 6.07) is 6.24. The van der Waals surface area contributed by atoms with E-state index in [9.17, 15) is 9.59 Å². The average Bonchev–Trinajstić information content (AvgIpc) is 2.43. The molecule has 0 aliphatic heterocycles. The minimum absolute atomic E-state index is 0.0509. The van der Waals surface area contributed by atoms with Gasteiger partial charge in [-0.3, -0.25) is 4.79 Å². The molecule has 1 amide bonds. The zero-order chi connectivity index (χ0) is 15.1. The first-order valence-corrected chi connectivity index (χ1v) is 6.97. The van der Waals surface area contributed by atoms with Crippen LogP contribution < -0.4 is 5.32 Å². The van der Waals surface area contributed by atoms with Gasteiger partial charge < -0.3 is 14.8 Å². The van der Waals surface area contributed by atoms with Gasteiger partial charge in [0.2, 0.25) is 5.91 Å². The fraction of sp³-hybridized carbons (Fsp3) is 0.429. The molecule has 0 aliphatic rings. The molecule has 0 saturated heterocycles. The van der Waals surface area contributed by atoms with Crippen molar-refractivity contribution in [1.82, 2.24) is 5.32 Å². The Labute approximate surface area is 126 Å². The maximum Gasteiger partial charge on any atom is 0.333 e. The van der Waals surface area contributed by atoms with Gasteiger partial charge >= 0.3 is 5.97 Å². The molecule has 1 atom stereocenters. The summed E-state index contributed by atoms with van der Waals surface area (Å²) in [4.78, 5) is 23.5. The third-order valence-electron chi connectivity index (χ3n) is 2.49. The Bertz CT molecular complexity index is 459. The summed E-state index contributed by atoms with van der Waals surface area (Å²) < 4.78 is 10.8. The minimum Gasteiger partial charge on any atom is -0.467 e. The van der Waals surface area contributed by atoms with Gasteiger partial charge in [-0.25, -0.2) is 4.79 Å². The van der Waals surface area contributed by atoms with Gasteiger partial charge in [-0.2, -0.15) is 0 Å². The number of ether oxygens (including phenoxy) is 2. The molecule has 0 radical (unpaired) electrons. The third kappa shape index (κ3) is 5.30. The highest BCUT2D eigenvalue weighted by Gasteiger charge is 2.23. The summed E-state index contributed by atoms with van der Waals surface area (Å²) in [5, 5.41) is 2.61. The van der Waals surface area contributed by atoms with E-state index >= 15 is 0 Å². The van der Waals surface area contributed by atoms with Crippen molar-refractivity contribution in [3.05, 3.63) is 34.3 Å². The Morgan fingerprint density at radius 3 is 2.35 bits per heavy atom. The van der Waals surface area contributed by atoms with Gasteiger partial charge in [-0.15, -0.1) is 0 Å². The molecule has 110 valence electrons. The highest BCUT2D eigenvalue weighted by atomic mass is 79.9. The Morgan fingerprint density at radius 1 is 1.25 bits per heavy atom. The molecule has 1 aromatic carbocycles. The normalized spacial score (nSPS) is 12.1. The van der Waals surface area contributed by atoms with Gasteiger partial charge in [0.25, 0.3) is 0 Å². The van der Waals surface area contributed by atoms with Gasteiger partial charge in [0.15, 0.2) is 6.04 Å². The van der Waals surface area contributed by atoms with Crippen molar-refractivity contribution in [2.75, 3.05) is 13.7 Å². The Morgan fingerprint density at radius 2 is 1.85 bits per heavy atom. The fourth-order valence-electron chi connectivity index (χ4n) is 1.50. The second-order valence-electron chi connectivity index (χ2n) is 4.43. The maximum absolute atomic E-state index is 11.8. The van der Waals surface area contributed by atoms with E-state index in [-0.39, 0.29) is 18.6 Å². The van der Waals surface area contributed by atoms with Crippen molar-refractivity contribution >= 4 is 27.8 Å². The number of halogens is 1. The molecule has 0 bridgehead atoms. The van der Waals surface area contributed by atoms with Gasteiger partial charge in [-0.1, -0.05) is 28.1 Å². The molecule has 0 unspecified atom stereocenters. The van der Waals surface area contributed by atoms with E-state index in [0.717, 1.165) is 4.47 Å². The lowest BCUT2D eigenvalue weighted by atomic mass is 10.1. The molecule has 0 aliphatic carbocycles. The number of amides is 1. The van der Waals surface area contributed by atoms with Crippen LogP contribution in [0.1, 0.15) is 25.5 Å². The quantitative estimate of drug-likeness (QED) is 0.804. The van der Waals surface area contributed by atoms with Crippen LogP contribution in [0, 0.1) is 0 Å². The van der Waals surface area contributed by atoms with Gasteiger partial charge in [0, 0.05) is 4.47 Å². The zero-order valence-electron chi connectivity index (χ0n) is 11.7. The first-order chi connectivity index (χ1) is 9.43. The number of methoxy groups -OCH3 is 1. The predicted octanol–water partition coefficient (Wildman–Crippen LogP) is 2.20. The number of hydrogen-bond acceptors (Lipinski definition) is 4. The summed E-state index contributed by atoms with van der Waals surface area (Å²) in [6.07, 6.45) is -0.0509. The van der Waals surface area contributed by atoms with Crippen molar-refractivity contribution in [3.63, 3.8) is 0 Å². The smallest absolute Gasteiger partial charge is 0.333 e. The lowest BCUT2D eigenvalue weighted by Crippen LogP contribution is -2.37. The average molecular weight is 344 g/mol. The number of carbonyl (C=O) groups is 2. The van der Waals surface area contributed by atoms with E-state index in [1.807, 2.05) is 13.8 Å². The van der Waals surface area contributed by atoms with E-state index in [4.69, 9.17) is 9.47 Å². The van der Waals surface area contributed by atoms with Crippen LogP contribution in [0.25, 0.3) is 0 Å². The number of hydrogen-bond donors (Lipinski definition) is 1. The Balaban J connectivity index is 2.77. The second kappa shape index (κ2) is 8.01. The van der Waals surface area contributed by atoms with E-state index in [2.05, 4.69) is 21.2 Å². The maximum atomic E-state index is 11.8. The second-order valence-corrected chi connectivity index (χ2v) is 5.35. The molecule has 6 heteroatoms. The third-order valence-corrected chi connectivity index (χ3v) is 3.02. The van der Waals surface area contributed by atoms with Crippen LogP contribution >= 0.6 is 15.9 Å². The highest BCUT2D eigenvalue weighted by molar-refractivity contribution is 9.10. The first kappa shape index (κ1) is 16.7. The lowest BCUT2D eigenvalue weighted by Gasteiger charge is -2.17. The van der Waals surface area contributed by atoms with E-state index in [0.29, 0.717) is 5.56 Å². The molecular formula is C14H18BrNO4. The predicted molar refractivity (Wildman–Crippen MR) is 78.1 cm³/mol. The lowest BCUT2D eigenvalue weighted by molar-refractivity contribution is -0.146. The topological polar surface area (TPSA) is 64.6 Å². The Kier molecular flexibility index (Phi) is 6.67. The molecule has 0 heterocycles. The van der Waals surface area contributed by atoms with Crippen LogP contribution in [0.4, 0.5) is 0 Å². The summed E-state index contributed by atoms with van der Waals surface area (Å²) >= 11 is 3.32. The number of rotatable bonds is 6. The number of benzene rings is 1. The van der Waals surface area contributed by atoms with Gasteiger partial charge in [0.1, 0.15) is 6.61 Å². The van der Waals surface area contributed by atoms with Crippen molar-refractivity contribution < 1.29 is 19.1 Å². The molecule has 0 aromatic heterocycles. The summed E-state index contributed by atoms with van der Waals surface area (Å²) in [5.41, 5.74) is 0.651. The summed E-state index contributed by atoms with van der Waals surface area (Å²) in [6.45, 7) is 3.57. The van der Waals surface area contributed by atoms with Crippen molar-refractivity contribution in [2.45, 2.75) is 26.0 Å². The molecule has 1 N–H and O–H groups in total. The van der Waals surface area contributed by atoms with Crippen LogP contribution in [0.5, 0.6) is 0 Å². The minimum atomic E-state index is -0.837. The fourth-order valence-corrected chi connectivity index (χ4v) is 1.76.